The predicted octanol–water partition coefficient (Wildman–Crippen LogP) is 2.79. The zero-order valence-corrected chi connectivity index (χ0v) is 18.2. The fourth-order valence-corrected chi connectivity index (χ4v) is 3.69. The molecule has 1 fully saturated rings. The van der Waals surface area contributed by atoms with Crippen LogP contribution in [0.1, 0.15) is 69.3 Å². The summed E-state index contributed by atoms with van der Waals surface area (Å²) in [6, 6.07) is 0.228. The number of nitrogens with zero attached hydrogens (tertiary/aromatic N) is 3. The summed E-state index contributed by atoms with van der Waals surface area (Å²) in [4.78, 5) is 16.5. The Hall–Kier alpha value is -2.05. The Kier molecular flexibility index (Phi) is 8.80. The molecule has 0 saturated heterocycles. The van der Waals surface area contributed by atoms with E-state index in [2.05, 4.69) is 48.4 Å². The van der Waals surface area contributed by atoms with Crippen molar-refractivity contribution in [3.8, 4) is 0 Å². The van der Waals surface area contributed by atoms with Crippen molar-refractivity contribution in [1.82, 2.24) is 20.4 Å². The molecular formula is C21H37N5O2. The smallest absolute Gasteiger partial charge is 0.306 e. The van der Waals surface area contributed by atoms with Crippen LogP contribution in [0.4, 0.5) is 0 Å². The molecule has 0 aromatic carbocycles. The number of hydrogen-bond acceptors (Lipinski definition) is 4. The van der Waals surface area contributed by atoms with E-state index in [4.69, 9.17) is 4.74 Å². The molecule has 0 amide bonds. The molecule has 28 heavy (non-hydrogen) atoms. The molecule has 0 radical (unpaired) electrons. The van der Waals surface area contributed by atoms with E-state index in [0.29, 0.717) is 19.4 Å². The van der Waals surface area contributed by atoms with Gasteiger partial charge < -0.3 is 15.4 Å². The van der Waals surface area contributed by atoms with Gasteiger partial charge in [0.2, 0.25) is 0 Å². The van der Waals surface area contributed by atoms with E-state index >= 15 is 0 Å². The average molecular weight is 392 g/mol. The minimum absolute atomic E-state index is 0.0871. The molecule has 2 rings (SSSR count). The molecule has 1 saturated carbocycles. The lowest BCUT2D eigenvalue weighted by molar-refractivity contribution is -0.148. The first-order valence-corrected chi connectivity index (χ1v) is 10.6. The third kappa shape index (κ3) is 6.84. The minimum atomic E-state index is -0.0871. The zero-order chi connectivity index (χ0) is 20.5. The van der Waals surface area contributed by atoms with Crippen molar-refractivity contribution >= 4 is 11.9 Å². The van der Waals surface area contributed by atoms with Crippen LogP contribution in [-0.4, -0.2) is 46.9 Å². The van der Waals surface area contributed by atoms with E-state index in [1.54, 1.807) is 0 Å². The van der Waals surface area contributed by atoms with Gasteiger partial charge in [-0.05, 0) is 71.8 Å². The molecule has 1 aromatic heterocycles. The second kappa shape index (κ2) is 11.1. The number of carbonyl (C=O) groups is 1. The first-order chi connectivity index (χ1) is 13.4. The molecule has 0 aliphatic heterocycles. The van der Waals surface area contributed by atoms with Gasteiger partial charge in [-0.1, -0.05) is 0 Å². The standard InChI is InChI=1S/C21H37N5O2/c1-6-22-21(23-13-9-12-20(27)28-18-10-7-8-11-18)24-15(2)14-19-16(3)25-26(5)17(19)4/h15,18H,6-14H2,1-5H3,(H2,22,23,24). The first kappa shape index (κ1) is 22.2. The van der Waals surface area contributed by atoms with Gasteiger partial charge in [0.1, 0.15) is 6.10 Å². The first-order valence-electron chi connectivity index (χ1n) is 10.6. The van der Waals surface area contributed by atoms with E-state index in [9.17, 15) is 4.79 Å². The molecule has 1 unspecified atom stereocenters. The van der Waals surface area contributed by atoms with Gasteiger partial charge in [-0.2, -0.15) is 5.10 Å². The molecule has 2 N–H and O–H groups in total. The van der Waals surface area contributed by atoms with Gasteiger partial charge in [-0.15, -0.1) is 0 Å². The number of guanidine groups is 1. The molecular weight excluding hydrogens is 354 g/mol. The van der Waals surface area contributed by atoms with Crippen LogP contribution >= 0.6 is 0 Å². The highest BCUT2D eigenvalue weighted by atomic mass is 16.5. The van der Waals surface area contributed by atoms with Crippen molar-refractivity contribution in [2.75, 3.05) is 13.1 Å². The molecule has 1 atom stereocenters. The summed E-state index contributed by atoms with van der Waals surface area (Å²) in [5.74, 6) is 0.703. The van der Waals surface area contributed by atoms with Crippen LogP contribution in [0, 0.1) is 13.8 Å². The Bertz CT molecular complexity index is 662. The van der Waals surface area contributed by atoms with Crippen LogP contribution in [0.2, 0.25) is 0 Å². The van der Waals surface area contributed by atoms with Crippen LogP contribution in [0.15, 0.2) is 4.99 Å². The second-order valence-electron chi connectivity index (χ2n) is 7.78. The topological polar surface area (TPSA) is 80.5 Å². The Morgan fingerprint density at radius 3 is 2.68 bits per heavy atom. The summed E-state index contributed by atoms with van der Waals surface area (Å²) in [5.41, 5.74) is 3.57. The van der Waals surface area contributed by atoms with E-state index < -0.39 is 0 Å². The highest BCUT2D eigenvalue weighted by molar-refractivity contribution is 5.80. The summed E-state index contributed by atoms with van der Waals surface area (Å²) in [6.45, 7) is 9.76. The van der Waals surface area contributed by atoms with E-state index in [1.807, 2.05) is 11.7 Å². The van der Waals surface area contributed by atoms with Crippen molar-refractivity contribution in [3.63, 3.8) is 0 Å². The molecule has 7 heteroatoms. The van der Waals surface area contributed by atoms with Crippen molar-refractivity contribution in [2.45, 2.75) is 84.8 Å². The molecule has 1 aromatic rings. The van der Waals surface area contributed by atoms with Gasteiger partial charge in [-0.25, -0.2) is 0 Å². The number of esters is 1. The van der Waals surface area contributed by atoms with Gasteiger partial charge in [-0.3, -0.25) is 14.5 Å². The summed E-state index contributed by atoms with van der Waals surface area (Å²) >= 11 is 0. The van der Waals surface area contributed by atoms with Crippen LogP contribution in [0.3, 0.4) is 0 Å². The quantitative estimate of drug-likeness (QED) is 0.293. The fourth-order valence-electron chi connectivity index (χ4n) is 3.69. The van der Waals surface area contributed by atoms with Crippen LogP contribution in [0.25, 0.3) is 0 Å². The number of aliphatic imine (C=N–C) groups is 1. The maximum absolute atomic E-state index is 11.9. The normalized spacial score (nSPS) is 16.2. The molecule has 0 bridgehead atoms. The highest BCUT2D eigenvalue weighted by Crippen LogP contribution is 2.21. The van der Waals surface area contributed by atoms with Crippen molar-refractivity contribution < 1.29 is 9.53 Å². The molecule has 1 aliphatic rings. The number of ether oxygens (including phenoxy) is 1. The molecule has 158 valence electrons. The lowest BCUT2D eigenvalue weighted by Crippen LogP contribution is -2.43. The fraction of sp³-hybridized carbons (Fsp3) is 0.762. The summed E-state index contributed by atoms with van der Waals surface area (Å²) in [6.07, 6.45) is 6.57. The summed E-state index contributed by atoms with van der Waals surface area (Å²) < 4.78 is 7.43. The maximum Gasteiger partial charge on any atom is 0.306 e. The Morgan fingerprint density at radius 1 is 1.36 bits per heavy atom. The summed E-state index contributed by atoms with van der Waals surface area (Å²) in [5, 5.41) is 11.2. The van der Waals surface area contributed by atoms with Gasteiger partial charge in [0.15, 0.2) is 5.96 Å². The number of aryl methyl sites for hydroxylation is 2. The average Bonchev–Trinajstić information content (AvgIpc) is 3.22. The van der Waals surface area contributed by atoms with Crippen LogP contribution in [0.5, 0.6) is 0 Å². The number of nitrogens with one attached hydrogen (secondary N) is 2. The Balaban J connectivity index is 1.78. The van der Waals surface area contributed by atoms with Crippen molar-refractivity contribution in [3.05, 3.63) is 17.0 Å². The zero-order valence-electron chi connectivity index (χ0n) is 18.2. The van der Waals surface area contributed by atoms with Crippen molar-refractivity contribution in [1.29, 1.82) is 0 Å². The molecule has 7 nitrogen and oxygen atoms in total. The number of hydrogen-bond donors (Lipinski definition) is 2. The largest absolute Gasteiger partial charge is 0.462 e. The van der Waals surface area contributed by atoms with Gasteiger partial charge in [0.25, 0.3) is 0 Å². The third-order valence-corrected chi connectivity index (χ3v) is 5.31. The third-order valence-electron chi connectivity index (χ3n) is 5.31. The SMILES string of the molecule is CCNC(=NCCCC(=O)OC1CCCC1)NC(C)Cc1c(C)nn(C)c1C. The summed E-state index contributed by atoms with van der Waals surface area (Å²) in [7, 11) is 1.98. The Morgan fingerprint density at radius 2 is 2.07 bits per heavy atom. The van der Waals surface area contributed by atoms with E-state index in [-0.39, 0.29) is 18.1 Å². The molecule has 1 aliphatic carbocycles. The van der Waals surface area contributed by atoms with Gasteiger partial charge in [0.05, 0.1) is 5.69 Å². The molecule has 0 spiro atoms. The van der Waals surface area contributed by atoms with E-state index in [0.717, 1.165) is 37.5 Å². The number of rotatable bonds is 9. The predicted molar refractivity (Wildman–Crippen MR) is 113 cm³/mol. The van der Waals surface area contributed by atoms with Crippen LogP contribution < -0.4 is 10.6 Å². The van der Waals surface area contributed by atoms with Crippen molar-refractivity contribution in [2.24, 2.45) is 12.0 Å². The Labute approximate surface area is 169 Å². The van der Waals surface area contributed by atoms with Gasteiger partial charge >= 0.3 is 5.97 Å². The second-order valence-corrected chi connectivity index (χ2v) is 7.78. The van der Waals surface area contributed by atoms with Crippen LogP contribution in [-0.2, 0) is 23.0 Å². The highest BCUT2D eigenvalue weighted by Gasteiger charge is 2.19. The lowest BCUT2D eigenvalue weighted by Gasteiger charge is -2.18. The number of carbonyl (C=O) groups excluding carboxylic acids is 1. The monoisotopic (exact) mass is 391 g/mol. The maximum atomic E-state index is 11.9. The molecule has 1 heterocycles. The number of aromatic nitrogens is 2. The minimum Gasteiger partial charge on any atom is -0.462 e. The lowest BCUT2D eigenvalue weighted by atomic mass is 10.1. The van der Waals surface area contributed by atoms with Gasteiger partial charge in [0, 0.05) is 38.3 Å². The van der Waals surface area contributed by atoms with E-state index in [1.165, 1.54) is 24.1 Å².